The van der Waals surface area contributed by atoms with E-state index in [9.17, 15) is 13.2 Å². The van der Waals surface area contributed by atoms with Gasteiger partial charge in [0.15, 0.2) is 11.5 Å². The molecular formula is C16H13ClF3NO2. The van der Waals surface area contributed by atoms with Crippen molar-refractivity contribution in [3.8, 4) is 22.6 Å². The van der Waals surface area contributed by atoms with Crippen LogP contribution in [0, 0.1) is 0 Å². The number of halogens is 4. The van der Waals surface area contributed by atoms with Gasteiger partial charge in [0, 0.05) is 23.7 Å². The molecule has 1 aliphatic heterocycles. The van der Waals surface area contributed by atoms with Crippen LogP contribution in [0.1, 0.15) is 0 Å². The van der Waals surface area contributed by atoms with E-state index in [1.807, 2.05) is 0 Å². The molecule has 23 heavy (non-hydrogen) atoms. The first-order chi connectivity index (χ1) is 10.9. The van der Waals surface area contributed by atoms with Crippen LogP contribution in [-0.4, -0.2) is 25.6 Å². The zero-order chi connectivity index (χ0) is 16.4. The van der Waals surface area contributed by atoms with Gasteiger partial charge in [0.25, 0.3) is 0 Å². The second-order valence-corrected chi connectivity index (χ2v) is 5.49. The lowest BCUT2D eigenvalue weighted by atomic mass is 10.1. The van der Waals surface area contributed by atoms with Crippen LogP contribution in [0.3, 0.4) is 0 Å². The maximum Gasteiger partial charge on any atom is 0.573 e. The van der Waals surface area contributed by atoms with Crippen LogP contribution in [0.4, 0.5) is 13.2 Å². The van der Waals surface area contributed by atoms with Gasteiger partial charge in [0.05, 0.1) is 0 Å². The van der Waals surface area contributed by atoms with Crippen LogP contribution in [0.15, 0.2) is 42.5 Å². The molecule has 1 N–H and O–H groups in total. The van der Waals surface area contributed by atoms with Crippen LogP contribution >= 0.6 is 11.6 Å². The minimum absolute atomic E-state index is 0.0598. The highest BCUT2D eigenvalue weighted by molar-refractivity contribution is 6.33. The molecule has 3 rings (SSSR count). The van der Waals surface area contributed by atoms with Gasteiger partial charge >= 0.3 is 6.36 Å². The van der Waals surface area contributed by atoms with Gasteiger partial charge < -0.3 is 14.8 Å². The van der Waals surface area contributed by atoms with Crippen molar-refractivity contribution in [2.24, 2.45) is 0 Å². The quantitative estimate of drug-likeness (QED) is 0.900. The van der Waals surface area contributed by atoms with E-state index in [0.717, 1.165) is 0 Å². The van der Waals surface area contributed by atoms with Gasteiger partial charge in [-0.15, -0.1) is 13.2 Å². The molecular weight excluding hydrogens is 331 g/mol. The topological polar surface area (TPSA) is 30.5 Å². The van der Waals surface area contributed by atoms with Gasteiger partial charge in [-0.3, -0.25) is 0 Å². The zero-order valence-electron chi connectivity index (χ0n) is 11.9. The van der Waals surface area contributed by atoms with Crippen molar-refractivity contribution in [1.29, 1.82) is 0 Å². The zero-order valence-corrected chi connectivity index (χ0v) is 12.6. The van der Waals surface area contributed by atoms with Crippen LogP contribution in [0.5, 0.6) is 11.5 Å². The molecule has 0 aliphatic carbocycles. The first-order valence-electron chi connectivity index (χ1n) is 6.94. The van der Waals surface area contributed by atoms with E-state index >= 15 is 0 Å². The Kier molecular flexibility index (Phi) is 4.37. The SMILES string of the molecule is FC(F)(F)Oc1cc(-c2ccccc2Cl)ccc1OC1CNC1. The molecule has 1 saturated heterocycles. The summed E-state index contributed by atoms with van der Waals surface area (Å²) in [6.45, 7) is 1.19. The molecule has 0 radical (unpaired) electrons. The number of hydrogen-bond acceptors (Lipinski definition) is 3. The molecule has 2 aromatic carbocycles. The smallest absolute Gasteiger partial charge is 0.484 e. The van der Waals surface area contributed by atoms with Gasteiger partial charge in [-0.25, -0.2) is 0 Å². The maximum absolute atomic E-state index is 12.7. The second kappa shape index (κ2) is 6.29. The molecule has 0 bridgehead atoms. The third kappa shape index (κ3) is 3.89. The van der Waals surface area contributed by atoms with Crippen molar-refractivity contribution in [1.82, 2.24) is 5.32 Å². The predicted molar refractivity (Wildman–Crippen MR) is 80.9 cm³/mol. The Morgan fingerprint density at radius 2 is 1.78 bits per heavy atom. The van der Waals surface area contributed by atoms with Gasteiger partial charge in [-0.05, 0) is 23.8 Å². The molecule has 122 valence electrons. The van der Waals surface area contributed by atoms with Gasteiger partial charge in [0.1, 0.15) is 6.10 Å². The molecule has 1 fully saturated rings. The lowest BCUT2D eigenvalue weighted by molar-refractivity contribution is -0.275. The molecule has 0 saturated carbocycles. The normalized spacial score (nSPS) is 15.1. The summed E-state index contributed by atoms with van der Waals surface area (Å²) in [7, 11) is 0. The Morgan fingerprint density at radius 3 is 2.39 bits per heavy atom. The van der Waals surface area contributed by atoms with E-state index < -0.39 is 6.36 Å². The van der Waals surface area contributed by atoms with Gasteiger partial charge in [-0.2, -0.15) is 0 Å². The highest BCUT2D eigenvalue weighted by atomic mass is 35.5. The van der Waals surface area contributed by atoms with Gasteiger partial charge in [0.2, 0.25) is 0 Å². The Morgan fingerprint density at radius 1 is 1.04 bits per heavy atom. The monoisotopic (exact) mass is 343 g/mol. The number of ether oxygens (including phenoxy) is 2. The molecule has 7 heteroatoms. The summed E-state index contributed by atoms with van der Waals surface area (Å²) in [4.78, 5) is 0. The molecule has 0 atom stereocenters. The van der Waals surface area contributed by atoms with E-state index in [4.69, 9.17) is 16.3 Å². The Balaban J connectivity index is 1.96. The van der Waals surface area contributed by atoms with E-state index in [1.54, 1.807) is 30.3 Å². The van der Waals surface area contributed by atoms with Crippen LogP contribution < -0.4 is 14.8 Å². The number of alkyl halides is 3. The number of hydrogen-bond donors (Lipinski definition) is 1. The minimum atomic E-state index is -4.80. The molecule has 0 spiro atoms. The molecule has 0 amide bonds. The van der Waals surface area contributed by atoms with E-state index in [-0.39, 0.29) is 17.6 Å². The van der Waals surface area contributed by atoms with Gasteiger partial charge in [-0.1, -0.05) is 35.9 Å². The summed E-state index contributed by atoms with van der Waals surface area (Å²) < 4.78 is 47.6. The summed E-state index contributed by atoms with van der Waals surface area (Å²) in [5.41, 5.74) is 1.15. The second-order valence-electron chi connectivity index (χ2n) is 5.09. The third-order valence-electron chi connectivity index (χ3n) is 3.39. The van der Waals surface area contributed by atoms with Crippen molar-refractivity contribution in [3.63, 3.8) is 0 Å². The number of benzene rings is 2. The van der Waals surface area contributed by atoms with Crippen LogP contribution in [-0.2, 0) is 0 Å². The average Bonchev–Trinajstić information content (AvgIpc) is 2.43. The van der Waals surface area contributed by atoms with E-state index in [1.165, 1.54) is 12.1 Å². The highest BCUT2D eigenvalue weighted by Crippen LogP contribution is 2.38. The standard InChI is InChI=1S/C16H13ClF3NO2/c17-13-4-2-1-3-12(13)10-5-6-14(22-11-8-21-9-11)15(7-10)23-16(18,19)20/h1-7,11,21H,8-9H2. The van der Waals surface area contributed by atoms with Crippen molar-refractivity contribution < 1.29 is 22.6 Å². The fraction of sp³-hybridized carbons (Fsp3) is 0.250. The molecule has 2 aromatic rings. The third-order valence-corrected chi connectivity index (χ3v) is 3.72. The number of rotatable bonds is 4. The fourth-order valence-corrected chi connectivity index (χ4v) is 2.44. The summed E-state index contributed by atoms with van der Waals surface area (Å²) in [5.74, 6) is -0.313. The first kappa shape index (κ1) is 16.0. The van der Waals surface area contributed by atoms with Crippen molar-refractivity contribution >= 4 is 11.6 Å². The Hall–Kier alpha value is -1.92. The lowest BCUT2D eigenvalue weighted by Crippen LogP contribution is -2.50. The van der Waals surface area contributed by atoms with Crippen molar-refractivity contribution in [2.75, 3.05) is 13.1 Å². The maximum atomic E-state index is 12.7. The van der Waals surface area contributed by atoms with Crippen LogP contribution in [0.25, 0.3) is 11.1 Å². The average molecular weight is 344 g/mol. The lowest BCUT2D eigenvalue weighted by Gasteiger charge is -2.28. The Labute approximate surface area is 136 Å². The predicted octanol–water partition coefficient (Wildman–Crippen LogP) is 4.26. The van der Waals surface area contributed by atoms with Crippen molar-refractivity contribution in [2.45, 2.75) is 12.5 Å². The summed E-state index contributed by atoms with van der Waals surface area (Å²) in [5, 5.41) is 3.43. The molecule has 1 heterocycles. The first-order valence-corrected chi connectivity index (χ1v) is 7.32. The summed E-state index contributed by atoms with van der Waals surface area (Å²) in [6, 6.07) is 11.3. The molecule has 0 aromatic heterocycles. The summed E-state index contributed by atoms with van der Waals surface area (Å²) in [6.07, 6.45) is -4.95. The van der Waals surface area contributed by atoms with Crippen molar-refractivity contribution in [3.05, 3.63) is 47.5 Å². The highest BCUT2D eigenvalue weighted by Gasteiger charge is 2.33. The molecule has 1 aliphatic rings. The fourth-order valence-electron chi connectivity index (χ4n) is 2.20. The van der Waals surface area contributed by atoms with E-state index in [2.05, 4.69) is 10.1 Å². The van der Waals surface area contributed by atoms with E-state index in [0.29, 0.717) is 29.2 Å². The Bertz CT molecular complexity index is 702. The number of nitrogens with one attached hydrogen (secondary N) is 1. The summed E-state index contributed by atoms with van der Waals surface area (Å²) >= 11 is 6.10. The largest absolute Gasteiger partial charge is 0.573 e. The van der Waals surface area contributed by atoms with Crippen LogP contribution in [0.2, 0.25) is 5.02 Å². The molecule has 0 unspecified atom stereocenters. The minimum Gasteiger partial charge on any atom is -0.484 e. The molecule has 3 nitrogen and oxygen atoms in total.